The van der Waals surface area contributed by atoms with Gasteiger partial charge in [-0.15, -0.1) is 0 Å². The highest BCUT2D eigenvalue weighted by molar-refractivity contribution is 6.01. The van der Waals surface area contributed by atoms with Crippen LogP contribution in [0.5, 0.6) is 5.75 Å². The zero-order valence-corrected chi connectivity index (χ0v) is 13.6. The molecule has 23 heavy (non-hydrogen) atoms. The average molecular weight is 306 g/mol. The number of ketones is 1. The molecule has 2 aromatic rings. The summed E-state index contributed by atoms with van der Waals surface area (Å²) in [4.78, 5) is 13.1. The monoisotopic (exact) mass is 306 g/mol. The zero-order valence-electron chi connectivity index (χ0n) is 13.6. The number of aromatic hydroxyl groups is 1. The van der Waals surface area contributed by atoms with Crippen LogP contribution in [0.25, 0.3) is 0 Å². The third-order valence-electron chi connectivity index (χ3n) is 5.00. The van der Waals surface area contributed by atoms with Gasteiger partial charge in [-0.2, -0.15) is 0 Å². The van der Waals surface area contributed by atoms with Gasteiger partial charge in [0.2, 0.25) is 0 Å². The van der Waals surface area contributed by atoms with Crippen molar-refractivity contribution >= 4 is 5.78 Å². The fourth-order valence-corrected chi connectivity index (χ4v) is 3.50. The Morgan fingerprint density at radius 1 is 0.913 bits per heavy atom. The van der Waals surface area contributed by atoms with Crippen LogP contribution in [-0.2, 0) is 0 Å². The molecule has 1 N–H and O–H groups in total. The van der Waals surface area contributed by atoms with Crippen molar-refractivity contribution in [1.29, 1.82) is 0 Å². The minimum absolute atomic E-state index is 0.0452. The molecule has 2 heteroatoms. The van der Waals surface area contributed by atoms with Crippen molar-refractivity contribution < 1.29 is 9.90 Å². The van der Waals surface area contributed by atoms with Gasteiger partial charge in [-0.3, -0.25) is 4.79 Å². The minimum atomic E-state index is -0.116. The van der Waals surface area contributed by atoms with Crippen LogP contribution in [0.2, 0.25) is 0 Å². The second-order valence-electron chi connectivity index (χ2n) is 6.47. The number of rotatable bonds is 3. The van der Waals surface area contributed by atoms with E-state index in [0.717, 1.165) is 12.8 Å². The second kappa shape index (κ2) is 6.41. The van der Waals surface area contributed by atoms with E-state index >= 15 is 0 Å². The van der Waals surface area contributed by atoms with E-state index < -0.39 is 0 Å². The predicted molar refractivity (Wildman–Crippen MR) is 92.7 cm³/mol. The Hall–Kier alpha value is -2.35. The lowest BCUT2D eigenvalue weighted by Crippen LogP contribution is -2.27. The van der Waals surface area contributed by atoms with Crippen LogP contribution in [0.3, 0.4) is 0 Å². The van der Waals surface area contributed by atoms with E-state index in [9.17, 15) is 9.90 Å². The molecule has 2 aromatic carbocycles. The SMILES string of the molecule is CC1=C(C)C[C@@H](c2ccccc2)[C@H](C(=O)c2ccccc2O)C1. The first-order chi connectivity index (χ1) is 11.1. The van der Waals surface area contributed by atoms with E-state index in [2.05, 4.69) is 26.0 Å². The number of para-hydroxylation sites is 1. The Balaban J connectivity index is 2.00. The number of benzene rings is 2. The van der Waals surface area contributed by atoms with Crippen LogP contribution in [0.4, 0.5) is 0 Å². The standard InChI is InChI=1S/C21H22O2/c1-14-12-18(16-8-4-3-5-9-16)19(13-15(14)2)21(23)17-10-6-7-11-20(17)22/h3-11,18-19,22H,12-13H2,1-2H3/t18-,19+/m0/s1. The summed E-state index contributed by atoms with van der Waals surface area (Å²) in [6.45, 7) is 4.27. The number of phenols is 1. The summed E-state index contributed by atoms with van der Waals surface area (Å²) >= 11 is 0. The molecule has 0 saturated carbocycles. The molecule has 118 valence electrons. The first-order valence-corrected chi connectivity index (χ1v) is 8.10. The molecule has 0 unspecified atom stereocenters. The van der Waals surface area contributed by atoms with Gasteiger partial charge in [0.15, 0.2) is 5.78 Å². The summed E-state index contributed by atoms with van der Waals surface area (Å²) in [5.41, 5.74) is 4.31. The van der Waals surface area contributed by atoms with Crippen LogP contribution in [0.15, 0.2) is 65.7 Å². The lowest BCUT2D eigenvalue weighted by Gasteiger charge is -2.32. The number of hydrogen-bond acceptors (Lipinski definition) is 2. The lowest BCUT2D eigenvalue weighted by atomic mass is 9.70. The third-order valence-corrected chi connectivity index (χ3v) is 5.00. The van der Waals surface area contributed by atoms with Crippen molar-refractivity contribution in [2.45, 2.75) is 32.6 Å². The van der Waals surface area contributed by atoms with Gasteiger partial charge in [0.25, 0.3) is 0 Å². The molecule has 0 heterocycles. The van der Waals surface area contributed by atoms with Gasteiger partial charge in [0.05, 0.1) is 5.56 Å². The van der Waals surface area contributed by atoms with Crippen LogP contribution in [-0.4, -0.2) is 10.9 Å². The van der Waals surface area contributed by atoms with Crippen LogP contribution in [0.1, 0.15) is 48.5 Å². The highest BCUT2D eigenvalue weighted by atomic mass is 16.3. The molecule has 3 rings (SSSR count). The summed E-state index contributed by atoms with van der Waals surface area (Å²) in [6.07, 6.45) is 1.67. The van der Waals surface area contributed by atoms with Gasteiger partial charge in [-0.05, 0) is 50.3 Å². The molecule has 0 aromatic heterocycles. The Morgan fingerprint density at radius 2 is 1.52 bits per heavy atom. The Bertz CT molecular complexity index is 743. The molecule has 0 saturated heterocycles. The van der Waals surface area contributed by atoms with Crippen molar-refractivity contribution in [3.63, 3.8) is 0 Å². The number of carbonyl (C=O) groups is 1. The zero-order chi connectivity index (χ0) is 16.4. The lowest BCUT2D eigenvalue weighted by molar-refractivity contribution is 0.0890. The molecule has 1 aliphatic carbocycles. The summed E-state index contributed by atoms with van der Waals surface area (Å²) in [5, 5.41) is 10.1. The molecule has 0 spiro atoms. The van der Waals surface area contributed by atoms with Crippen molar-refractivity contribution in [1.82, 2.24) is 0 Å². The first-order valence-electron chi connectivity index (χ1n) is 8.10. The maximum absolute atomic E-state index is 13.1. The second-order valence-corrected chi connectivity index (χ2v) is 6.47. The summed E-state index contributed by atoms with van der Waals surface area (Å²) in [7, 11) is 0. The highest BCUT2D eigenvalue weighted by Crippen LogP contribution is 2.42. The Morgan fingerprint density at radius 3 is 2.22 bits per heavy atom. The first kappa shape index (κ1) is 15.5. The van der Waals surface area contributed by atoms with E-state index in [1.807, 2.05) is 18.2 Å². The molecule has 2 atom stereocenters. The number of hydrogen-bond donors (Lipinski definition) is 1. The van der Waals surface area contributed by atoms with Gasteiger partial charge in [0, 0.05) is 5.92 Å². The van der Waals surface area contributed by atoms with Gasteiger partial charge < -0.3 is 5.11 Å². The minimum Gasteiger partial charge on any atom is -0.507 e. The summed E-state index contributed by atoms with van der Waals surface area (Å²) in [6, 6.07) is 17.1. The number of phenolic OH excluding ortho intramolecular Hbond substituents is 1. The van der Waals surface area contributed by atoms with Gasteiger partial charge in [0.1, 0.15) is 5.75 Å². The average Bonchev–Trinajstić information content (AvgIpc) is 2.57. The fraction of sp³-hybridized carbons (Fsp3) is 0.286. The molecule has 0 aliphatic heterocycles. The van der Waals surface area contributed by atoms with E-state index in [-0.39, 0.29) is 23.4 Å². The highest BCUT2D eigenvalue weighted by Gasteiger charge is 2.34. The summed E-state index contributed by atoms with van der Waals surface area (Å²) in [5.74, 6) is 0.179. The van der Waals surface area contributed by atoms with Gasteiger partial charge in [-0.1, -0.05) is 53.6 Å². The molecule has 1 aliphatic rings. The molecule has 2 nitrogen and oxygen atoms in total. The third kappa shape index (κ3) is 3.07. The molecule has 0 radical (unpaired) electrons. The maximum Gasteiger partial charge on any atom is 0.170 e. The van der Waals surface area contributed by atoms with E-state index in [1.165, 1.54) is 16.7 Å². The smallest absolute Gasteiger partial charge is 0.170 e. The normalized spacial score (nSPS) is 21.3. The van der Waals surface area contributed by atoms with E-state index in [1.54, 1.807) is 24.3 Å². The Labute approximate surface area is 137 Å². The topological polar surface area (TPSA) is 37.3 Å². The van der Waals surface area contributed by atoms with Gasteiger partial charge in [-0.25, -0.2) is 0 Å². The van der Waals surface area contributed by atoms with Crippen molar-refractivity contribution in [3.05, 3.63) is 76.9 Å². The van der Waals surface area contributed by atoms with Crippen LogP contribution in [0, 0.1) is 5.92 Å². The van der Waals surface area contributed by atoms with Crippen molar-refractivity contribution in [2.75, 3.05) is 0 Å². The largest absolute Gasteiger partial charge is 0.507 e. The van der Waals surface area contributed by atoms with E-state index in [0.29, 0.717) is 5.56 Å². The molecule has 0 amide bonds. The van der Waals surface area contributed by atoms with Gasteiger partial charge >= 0.3 is 0 Å². The molecular formula is C21H22O2. The summed E-state index contributed by atoms with van der Waals surface area (Å²) < 4.78 is 0. The van der Waals surface area contributed by atoms with E-state index in [4.69, 9.17) is 0 Å². The number of Topliss-reactive ketones (excluding diaryl/α,β-unsaturated/α-hetero) is 1. The number of allylic oxidation sites excluding steroid dienone is 2. The van der Waals surface area contributed by atoms with Crippen LogP contribution >= 0.6 is 0 Å². The maximum atomic E-state index is 13.1. The Kier molecular flexibility index (Phi) is 4.33. The fourth-order valence-electron chi connectivity index (χ4n) is 3.50. The van der Waals surface area contributed by atoms with Crippen LogP contribution < -0.4 is 0 Å². The predicted octanol–water partition coefficient (Wildman–Crippen LogP) is 5.11. The van der Waals surface area contributed by atoms with Crippen molar-refractivity contribution in [2.24, 2.45) is 5.92 Å². The quantitative estimate of drug-likeness (QED) is 0.632. The number of carbonyl (C=O) groups excluding carboxylic acids is 1. The molecule has 0 bridgehead atoms. The van der Waals surface area contributed by atoms with Crippen molar-refractivity contribution in [3.8, 4) is 5.75 Å². The molecule has 0 fully saturated rings. The molecular weight excluding hydrogens is 284 g/mol.